The number of nitrogens with one attached hydrogen (secondary N) is 2. The van der Waals surface area contributed by atoms with Crippen LogP contribution in [-0.2, 0) is 20.8 Å². The second-order valence-electron chi connectivity index (χ2n) is 7.71. The first kappa shape index (κ1) is 21.3. The Morgan fingerprint density at radius 3 is 2.45 bits per heavy atom. The maximum Gasteiger partial charge on any atom is 0.239 e. The lowest BCUT2D eigenvalue weighted by atomic mass is 10.1. The minimum absolute atomic E-state index is 0.0452. The maximum atomic E-state index is 12.7. The predicted molar refractivity (Wildman–Crippen MR) is 110 cm³/mol. The number of piperazine rings is 1. The summed E-state index contributed by atoms with van der Waals surface area (Å²) < 4.78 is 0. The molecule has 3 rings (SSSR count). The van der Waals surface area contributed by atoms with Gasteiger partial charge in [-0.25, -0.2) is 0 Å². The largest absolute Gasteiger partial charge is 0.351 e. The Bertz CT molecular complexity index is 704. The summed E-state index contributed by atoms with van der Waals surface area (Å²) in [5.41, 5.74) is 6.57. The molecule has 0 radical (unpaired) electrons. The van der Waals surface area contributed by atoms with E-state index >= 15 is 0 Å². The summed E-state index contributed by atoms with van der Waals surface area (Å²) in [6, 6.07) is 9.84. The van der Waals surface area contributed by atoms with E-state index in [0.29, 0.717) is 45.6 Å². The smallest absolute Gasteiger partial charge is 0.239 e. The molecule has 2 atom stereocenters. The van der Waals surface area contributed by atoms with Crippen molar-refractivity contribution in [2.75, 3.05) is 39.3 Å². The number of aryl methyl sites for hydroxylation is 1. The minimum Gasteiger partial charge on any atom is -0.351 e. The van der Waals surface area contributed by atoms with E-state index in [1.807, 2.05) is 28.0 Å². The van der Waals surface area contributed by atoms with Crippen LogP contribution in [0, 0.1) is 0 Å². The van der Waals surface area contributed by atoms with Gasteiger partial charge in [-0.05, 0) is 24.8 Å². The van der Waals surface area contributed by atoms with Crippen LogP contribution in [0.5, 0.6) is 0 Å². The Morgan fingerprint density at radius 2 is 1.76 bits per heavy atom. The third kappa shape index (κ3) is 6.01. The Labute approximate surface area is 171 Å². The molecule has 2 saturated heterocycles. The Hall–Kier alpha value is -2.45. The van der Waals surface area contributed by atoms with Gasteiger partial charge >= 0.3 is 0 Å². The van der Waals surface area contributed by atoms with Gasteiger partial charge in [-0.2, -0.15) is 0 Å². The average molecular weight is 402 g/mol. The van der Waals surface area contributed by atoms with E-state index in [-0.39, 0.29) is 36.3 Å². The van der Waals surface area contributed by atoms with Crippen molar-refractivity contribution in [1.29, 1.82) is 0 Å². The summed E-state index contributed by atoms with van der Waals surface area (Å²) in [5.74, 6) is 0.00606. The number of hydrogen-bond acceptors (Lipinski definition) is 5. The summed E-state index contributed by atoms with van der Waals surface area (Å²) in [5, 5.41) is 6.00. The van der Waals surface area contributed by atoms with Gasteiger partial charge in [-0.3, -0.25) is 14.4 Å². The molecule has 4 N–H and O–H groups in total. The van der Waals surface area contributed by atoms with Crippen LogP contribution < -0.4 is 16.4 Å². The van der Waals surface area contributed by atoms with Gasteiger partial charge in [0.1, 0.15) is 0 Å². The van der Waals surface area contributed by atoms with Crippen LogP contribution in [0.3, 0.4) is 0 Å². The fraction of sp³-hybridized carbons (Fsp3) is 0.571. The van der Waals surface area contributed by atoms with Crippen LogP contribution in [0.15, 0.2) is 30.3 Å². The summed E-state index contributed by atoms with van der Waals surface area (Å²) in [6.45, 7) is 2.80. The van der Waals surface area contributed by atoms with Gasteiger partial charge < -0.3 is 26.2 Å². The van der Waals surface area contributed by atoms with Gasteiger partial charge in [-0.1, -0.05) is 30.3 Å². The van der Waals surface area contributed by atoms with E-state index in [1.54, 1.807) is 0 Å². The standard InChI is InChI=1S/C21H31N5O3/c22-14-19(27)24-17-13-18(23-15-17)21(29)26-11-9-25(10-12-26)20(28)8-4-7-16-5-2-1-3-6-16/h1-3,5-6,17-18,23H,4,7-15,22H2,(H,24,27)/t17?,18-/m0/s1. The average Bonchev–Trinajstić information content (AvgIpc) is 3.22. The van der Waals surface area contributed by atoms with Crippen LogP contribution in [0.2, 0.25) is 0 Å². The van der Waals surface area contributed by atoms with Crippen molar-refractivity contribution in [2.24, 2.45) is 5.73 Å². The number of nitrogens with zero attached hydrogens (tertiary/aromatic N) is 2. The molecular weight excluding hydrogens is 370 g/mol. The zero-order valence-electron chi connectivity index (χ0n) is 16.8. The molecule has 2 heterocycles. The molecule has 8 nitrogen and oxygen atoms in total. The molecule has 2 aliphatic rings. The molecule has 158 valence electrons. The van der Waals surface area contributed by atoms with Gasteiger partial charge in [0, 0.05) is 45.2 Å². The molecular formula is C21H31N5O3. The van der Waals surface area contributed by atoms with Crippen LogP contribution in [-0.4, -0.2) is 78.9 Å². The summed E-state index contributed by atoms with van der Waals surface area (Å²) in [4.78, 5) is 40.3. The van der Waals surface area contributed by atoms with E-state index in [0.717, 1.165) is 12.8 Å². The highest BCUT2D eigenvalue weighted by Gasteiger charge is 2.34. The summed E-state index contributed by atoms with van der Waals surface area (Å²) in [7, 11) is 0. The van der Waals surface area contributed by atoms with E-state index in [1.165, 1.54) is 5.56 Å². The van der Waals surface area contributed by atoms with Crippen molar-refractivity contribution in [3.05, 3.63) is 35.9 Å². The van der Waals surface area contributed by atoms with E-state index < -0.39 is 0 Å². The number of carbonyl (C=O) groups is 3. The molecule has 1 unspecified atom stereocenters. The molecule has 0 bridgehead atoms. The first-order valence-electron chi connectivity index (χ1n) is 10.4. The van der Waals surface area contributed by atoms with Gasteiger partial charge in [0.25, 0.3) is 0 Å². The quantitative estimate of drug-likeness (QED) is 0.570. The Kier molecular flexibility index (Phi) is 7.60. The molecule has 1 aromatic rings. The Morgan fingerprint density at radius 1 is 1.07 bits per heavy atom. The number of nitrogens with two attached hydrogens (primary N) is 1. The third-order valence-corrected chi connectivity index (χ3v) is 5.62. The van der Waals surface area contributed by atoms with E-state index in [9.17, 15) is 14.4 Å². The molecule has 0 aliphatic carbocycles. The zero-order valence-corrected chi connectivity index (χ0v) is 16.8. The van der Waals surface area contributed by atoms with Gasteiger partial charge in [0.05, 0.1) is 12.6 Å². The molecule has 0 aromatic heterocycles. The third-order valence-electron chi connectivity index (χ3n) is 5.62. The van der Waals surface area contributed by atoms with Crippen molar-refractivity contribution in [1.82, 2.24) is 20.4 Å². The van der Waals surface area contributed by atoms with Crippen molar-refractivity contribution in [3.8, 4) is 0 Å². The van der Waals surface area contributed by atoms with Crippen LogP contribution in [0.25, 0.3) is 0 Å². The van der Waals surface area contributed by atoms with E-state index in [2.05, 4.69) is 22.8 Å². The monoisotopic (exact) mass is 401 g/mol. The lowest BCUT2D eigenvalue weighted by Gasteiger charge is -2.36. The number of hydrogen-bond donors (Lipinski definition) is 3. The summed E-state index contributed by atoms with van der Waals surface area (Å²) in [6.07, 6.45) is 2.85. The molecule has 2 fully saturated rings. The molecule has 0 spiro atoms. The Balaban J connectivity index is 1.37. The zero-order chi connectivity index (χ0) is 20.6. The van der Waals surface area contributed by atoms with Crippen molar-refractivity contribution in [3.63, 3.8) is 0 Å². The SMILES string of the molecule is NCC(=O)NC1CN[C@H](C(=O)N2CCN(C(=O)CCCc3ccccc3)CC2)C1. The van der Waals surface area contributed by atoms with Gasteiger partial charge in [0.15, 0.2) is 0 Å². The highest BCUT2D eigenvalue weighted by molar-refractivity contribution is 5.83. The normalized spacial score (nSPS) is 21.8. The second kappa shape index (κ2) is 10.4. The van der Waals surface area contributed by atoms with Crippen LogP contribution >= 0.6 is 0 Å². The molecule has 1 aromatic carbocycles. The first-order valence-corrected chi connectivity index (χ1v) is 10.4. The van der Waals surface area contributed by atoms with E-state index in [4.69, 9.17) is 5.73 Å². The van der Waals surface area contributed by atoms with Gasteiger partial charge in [-0.15, -0.1) is 0 Å². The molecule has 8 heteroatoms. The fourth-order valence-corrected chi connectivity index (χ4v) is 3.96. The lowest BCUT2D eigenvalue weighted by molar-refractivity contribution is -0.140. The number of carbonyl (C=O) groups excluding carboxylic acids is 3. The predicted octanol–water partition coefficient (Wildman–Crippen LogP) is -0.514. The first-order chi connectivity index (χ1) is 14.1. The summed E-state index contributed by atoms with van der Waals surface area (Å²) >= 11 is 0. The van der Waals surface area contributed by atoms with Crippen molar-refractivity contribution in [2.45, 2.75) is 37.8 Å². The van der Waals surface area contributed by atoms with Crippen LogP contribution in [0.1, 0.15) is 24.8 Å². The maximum absolute atomic E-state index is 12.7. The molecule has 0 saturated carbocycles. The number of rotatable bonds is 7. The molecule has 2 aliphatic heterocycles. The van der Waals surface area contributed by atoms with Gasteiger partial charge in [0.2, 0.25) is 17.7 Å². The number of amides is 3. The molecule has 29 heavy (non-hydrogen) atoms. The highest BCUT2D eigenvalue weighted by Crippen LogP contribution is 2.13. The van der Waals surface area contributed by atoms with Crippen molar-refractivity contribution < 1.29 is 14.4 Å². The van der Waals surface area contributed by atoms with Crippen LogP contribution in [0.4, 0.5) is 0 Å². The second-order valence-corrected chi connectivity index (χ2v) is 7.71. The minimum atomic E-state index is -0.286. The molecule has 3 amide bonds. The topological polar surface area (TPSA) is 108 Å². The lowest BCUT2D eigenvalue weighted by Crippen LogP contribution is -2.54. The fourth-order valence-electron chi connectivity index (χ4n) is 3.96. The highest BCUT2D eigenvalue weighted by atomic mass is 16.2. The van der Waals surface area contributed by atoms with Crippen molar-refractivity contribution >= 4 is 17.7 Å². The number of benzene rings is 1.